The van der Waals surface area contributed by atoms with Crippen molar-refractivity contribution in [3.8, 4) is 5.75 Å². The molecule has 4 nitrogen and oxygen atoms in total. The summed E-state index contributed by atoms with van der Waals surface area (Å²) < 4.78 is 5.60. The molecule has 0 amide bonds. The minimum absolute atomic E-state index is 0.226. The van der Waals surface area contributed by atoms with Crippen molar-refractivity contribution in [2.45, 2.75) is 19.4 Å². The fourth-order valence-corrected chi connectivity index (χ4v) is 1.68. The lowest BCUT2D eigenvalue weighted by Gasteiger charge is -2.13. The first kappa shape index (κ1) is 12.5. The molecule has 0 fully saturated rings. The van der Waals surface area contributed by atoms with Crippen molar-refractivity contribution < 1.29 is 4.74 Å². The minimum Gasteiger partial charge on any atom is -0.494 e. The van der Waals surface area contributed by atoms with Gasteiger partial charge in [-0.15, -0.1) is 0 Å². The van der Waals surface area contributed by atoms with Crippen molar-refractivity contribution in [1.82, 2.24) is 9.97 Å². The normalized spacial score (nSPS) is 12.1. The van der Waals surface area contributed by atoms with Crippen LogP contribution in [0, 0.1) is 0 Å². The zero-order chi connectivity index (χ0) is 12.8. The third-order valence-electron chi connectivity index (χ3n) is 2.63. The molecule has 2 aromatic rings. The maximum absolute atomic E-state index is 6.18. The van der Waals surface area contributed by atoms with E-state index < -0.39 is 0 Å². The van der Waals surface area contributed by atoms with Gasteiger partial charge in [0.1, 0.15) is 12.1 Å². The smallest absolute Gasteiger partial charge is 0.119 e. The summed E-state index contributed by atoms with van der Waals surface area (Å²) in [6.07, 6.45) is 5.95. The van der Waals surface area contributed by atoms with E-state index in [1.54, 1.807) is 12.4 Å². The number of nitrogens with zero attached hydrogens (tertiary/aromatic N) is 2. The van der Waals surface area contributed by atoms with Gasteiger partial charge in [0.2, 0.25) is 0 Å². The van der Waals surface area contributed by atoms with Crippen molar-refractivity contribution in [2.24, 2.45) is 5.73 Å². The van der Waals surface area contributed by atoms with Crippen LogP contribution >= 0.6 is 0 Å². The Labute approximate surface area is 107 Å². The van der Waals surface area contributed by atoms with Crippen LogP contribution < -0.4 is 10.5 Å². The molecule has 1 atom stereocenters. The summed E-state index contributed by atoms with van der Waals surface area (Å²) in [5.74, 6) is 0.849. The Morgan fingerprint density at radius 2 is 2.00 bits per heavy atom. The number of rotatable bonds is 5. The van der Waals surface area contributed by atoms with Crippen LogP contribution in [-0.4, -0.2) is 16.6 Å². The second kappa shape index (κ2) is 6.12. The third-order valence-corrected chi connectivity index (χ3v) is 2.63. The summed E-state index contributed by atoms with van der Waals surface area (Å²) in [5, 5.41) is 0. The molecule has 0 bridgehead atoms. The summed E-state index contributed by atoms with van der Waals surface area (Å²) >= 11 is 0. The topological polar surface area (TPSA) is 61.0 Å². The highest BCUT2D eigenvalue weighted by Crippen LogP contribution is 2.22. The fourth-order valence-electron chi connectivity index (χ4n) is 1.68. The first-order chi connectivity index (χ1) is 8.81. The van der Waals surface area contributed by atoms with Crippen LogP contribution in [0.5, 0.6) is 5.75 Å². The van der Waals surface area contributed by atoms with Crippen molar-refractivity contribution in [2.75, 3.05) is 6.61 Å². The van der Waals surface area contributed by atoms with Gasteiger partial charge in [0.25, 0.3) is 0 Å². The van der Waals surface area contributed by atoms with Crippen LogP contribution in [-0.2, 0) is 0 Å². The van der Waals surface area contributed by atoms with Crippen molar-refractivity contribution in [3.63, 3.8) is 0 Å². The molecule has 0 aliphatic carbocycles. The maximum atomic E-state index is 6.18. The number of nitrogens with two attached hydrogens (primary N) is 1. The van der Waals surface area contributed by atoms with E-state index >= 15 is 0 Å². The lowest BCUT2D eigenvalue weighted by molar-refractivity contribution is 0.317. The highest BCUT2D eigenvalue weighted by Gasteiger charge is 2.10. The fraction of sp³-hybridized carbons (Fsp3) is 0.286. The van der Waals surface area contributed by atoms with Gasteiger partial charge in [-0.25, -0.2) is 9.97 Å². The SMILES string of the molecule is CCCOc1cccc(C(N)c2cncnc2)c1. The van der Waals surface area contributed by atoms with E-state index in [4.69, 9.17) is 10.5 Å². The Kier molecular flexibility index (Phi) is 4.25. The molecule has 0 aliphatic heterocycles. The number of aromatic nitrogens is 2. The summed E-state index contributed by atoms with van der Waals surface area (Å²) in [5.41, 5.74) is 8.07. The molecule has 2 N–H and O–H groups in total. The highest BCUT2D eigenvalue weighted by molar-refractivity contribution is 5.34. The molecule has 2 rings (SSSR count). The average molecular weight is 243 g/mol. The molecule has 0 spiro atoms. The first-order valence-corrected chi connectivity index (χ1v) is 6.04. The van der Waals surface area contributed by atoms with E-state index in [1.165, 1.54) is 6.33 Å². The second-order valence-electron chi connectivity index (χ2n) is 4.07. The Morgan fingerprint density at radius 1 is 1.22 bits per heavy atom. The molecule has 18 heavy (non-hydrogen) atoms. The molecule has 1 heterocycles. The van der Waals surface area contributed by atoms with Crippen molar-refractivity contribution >= 4 is 0 Å². The van der Waals surface area contributed by atoms with E-state index in [1.807, 2.05) is 24.3 Å². The zero-order valence-electron chi connectivity index (χ0n) is 10.4. The Morgan fingerprint density at radius 3 is 2.72 bits per heavy atom. The van der Waals surface area contributed by atoms with Gasteiger partial charge >= 0.3 is 0 Å². The average Bonchev–Trinajstić information content (AvgIpc) is 2.45. The lowest BCUT2D eigenvalue weighted by Crippen LogP contribution is -2.12. The molecule has 0 aliphatic rings. The Balaban J connectivity index is 2.17. The number of benzene rings is 1. The quantitative estimate of drug-likeness (QED) is 0.875. The van der Waals surface area contributed by atoms with Gasteiger partial charge in [0, 0.05) is 18.0 Å². The van der Waals surface area contributed by atoms with Gasteiger partial charge in [-0.05, 0) is 24.1 Å². The molecular weight excluding hydrogens is 226 g/mol. The molecule has 1 unspecified atom stereocenters. The Hall–Kier alpha value is -1.94. The van der Waals surface area contributed by atoms with Gasteiger partial charge < -0.3 is 10.5 Å². The van der Waals surface area contributed by atoms with Crippen LogP contribution in [0.4, 0.5) is 0 Å². The second-order valence-corrected chi connectivity index (χ2v) is 4.07. The maximum Gasteiger partial charge on any atom is 0.119 e. The third kappa shape index (κ3) is 3.05. The summed E-state index contributed by atoms with van der Waals surface area (Å²) in [7, 11) is 0. The highest BCUT2D eigenvalue weighted by atomic mass is 16.5. The number of hydrogen-bond acceptors (Lipinski definition) is 4. The lowest BCUT2D eigenvalue weighted by atomic mass is 10.0. The molecule has 4 heteroatoms. The van der Waals surface area contributed by atoms with Crippen LogP contribution in [0.25, 0.3) is 0 Å². The molecule has 0 radical (unpaired) electrons. The monoisotopic (exact) mass is 243 g/mol. The van der Waals surface area contributed by atoms with E-state index in [0.29, 0.717) is 6.61 Å². The Bertz CT molecular complexity index is 487. The van der Waals surface area contributed by atoms with Crippen LogP contribution in [0.3, 0.4) is 0 Å². The van der Waals surface area contributed by atoms with Gasteiger partial charge in [0.05, 0.1) is 12.6 Å². The van der Waals surface area contributed by atoms with Gasteiger partial charge in [0.15, 0.2) is 0 Å². The number of hydrogen-bond donors (Lipinski definition) is 1. The van der Waals surface area contributed by atoms with E-state index in [2.05, 4.69) is 16.9 Å². The molecule has 1 aromatic carbocycles. The van der Waals surface area contributed by atoms with Crippen molar-refractivity contribution in [1.29, 1.82) is 0 Å². The minimum atomic E-state index is -0.226. The molecule has 0 saturated carbocycles. The standard InChI is InChI=1S/C14H17N3O/c1-2-6-18-13-5-3-4-11(7-13)14(15)12-8-16-10-17-9-12/h3-5,7-10,14H,2,6,15H2,1H3. The first-order valence-electron chi connectivity index (χ1n) is 6.04. The number of ether oxygens (including phenoxy) is 1. The van der Waals surface area contributed by atoms with Gasteiger partial charge in [-0.1, -0.05) is 19.1 Å². The molecule has 94 valence electrons. The van der Waals surface area contributed by atoms with Crippen LogP contribution in [0.1, 0.15) is 30.5 Å². The van der Waals surface area contributed by atoms with Crippen LogP contribution in [0.15, 0.2) is 43.0 Å². The molecule has 0 saturated heterocycles. The van der Waals surface area contributed by atoms with Gasteiger partial charge in [-0.3, -0.25) is 0 Å². The van der Waals surface area contributed by atoms with E-state index in [0.717, 1.165) is 23.3 Å². The summed E-state index contributed by atoms with van der Waals surface area (Å²) in [4.78, 5) is 7.96. The van der Waals surface area contributed by atoms with Gasteiger partial charge in [-0.2, -0.15) is 0 Å². The van der Waals surface area contributed by atoms with E-state index in [-0.39, 0.29) is 6.04 Å². The predicted molar refractivity (Wildman–Crippen MR) is 70.3 cm³/mol. The zero-order valence-corrected chi connectivity index (χ0v) is 10.4. The summed E-state index contributed by atoms with van der Waals surface area (Å²) in [6.45, 7) is 2.80. The molecule has 1 aromatic heterocycles. The predicted octanol–water partition coefficient (Wildman–Crippen LogP) is 2.31. The van der Waals surface area contributed by atoms with Crippen LogP contribution in [0.2, 0.25) is 0 Å². The summed E-state index contributed by atoms with van der Waals surface area (Å²) in [6, 6.07) is 7.61. The van der Waals surface area contributed by atoms with Crippen molar-refractivity contribution in [3.05, 3.63) is 54.1 Å². The van der Waals surface area contributed by atoms with E-state index in [9.17, 15) is 0 Å². The molecular formula is C14H17N3O. The largest absolute Gasteiger partial charge is 0.494 e.